The predicted octanol–water partition coefficient (Wildman–Crippen LogP) is 2.71. The van der Waals surface area contributed by atoms with Gasteiger partial charge in [-0.1, -0.05) is 17.7 Å². The molecule has 2 nitrogen and oxygen atoms in total. The van der Waals surface area contributed by atoms with E-state index in [0.717, 1.165) is 5.56 Å². The molecular formula is C9H9F3O2. The number of alkyl halides is 3. The largest absolute Gasteiger partial charge is 0.573 e. The van der Waals surface area contributed by atoms with Gasteiger partial charge in [0.2, 0.25) is 0 Å². The lowest BCUT2D eigenvalue weighted by Crippen LogP contribution is -2.16. The minimum absolute atomic E-state index is 0.187. The first-order chi connectivity index (χ1) is 6.47. The molecule has 1 aromatic rings. The summed E-state index contributed by atoms with van der Waals surface area (Å²) in [7, 11) is 0. The smallest absolute Gasteiger partial charge is 0.406 e. The Morgan fingerprint density at radius 1 is 1.14 bits per heavy atom. The molecular weight excluding hydrogens is 197 g/mol. The van der Waals surface area contributed by atoms with Gasteiger partial charge in [-0.2, -0.15) is 0 Å². The fourth-order valence-corrected chi connectivity index (χ4v) is 0.740. The van der Waals surface area contributed by atoms with E-state index >= 15 is 0 Å². The summed E-state index contributed by atoms with van der Waals surface area (Å²) in [5, 5.41) is 0. The Hall–Kier alpha value is -1.52. The molecule has 0 atom stereocenters. The molecule has 0 aliphatic carbocycles. The van der Waals surface area contributed by atoms with Crippen LogP contribution in [0.15, 0.2) is 24.3 Å². The van der Waals surface area contributed by atoms with Gasteiger partial charge in [-0.05, 0) is 19.1 Å². The van der Waals surface area contributed by atoms with Crippen LogP contribution < -0.4 is 4.74 Å². The summed E-state index contributed by atoms with van der Waals surface area (Å²) in [5.41, 5.74) is 0.893. The van der Waals surface area contributed by atoms with E-state index < -0.39 is 6.36 Å². The summed E-state index contributed by atoms with van der Waals surface area (Å²) >= 11 is 0. The molecule has 0 unspecified atom stereocenters. The number of rotatable bonds is 1. The van der Waals surface area contributed by atoms with Gasteiger partial charge in [0.1, 0.15) is 12.5 Å². The molecule has 0 heterocycles. The van der Waals surface area contributed by atoms with Crippen LogP contribution in [-0.2, 0) is 4.79 Å². The zero-order valence-electron chi connectivity index (χ0n) is 7.47. The molecule has 78 valence electrons. The van der Waals surface area contributed by atoms with E-state index in [9.17, 15) is 13.2 Å². The molecule has 0 N–H and O–H groups in total. The second-order valence-corrected chi connectivity index (χ2v) is 2.36. The van der Waals surface area contributed by atoms with Crippen LogP contribution in [0.25, 0.3) is 0 Å². The topological polar surface area (TPSA) is 26.3 Å². The molecule has 0 saturated heterocycles. The van der Waals surface area contributed by atoms with Gasteiger partial charge in [0.05, 0.1) is 0 Å². The van der Waals surface area contributed by atoms with Crippen LogP contribution in [0.4, 0.5) is 13.2 Å². The Morgan fingerprint density at radius 3 is 1.93 bits per heavy atom. The number of hydrogen-bond acceptors (Lipinski definition) is 2. The standard InChI is InChI=1S/C8H7F3O.CH2O/c1-6-2-4-7(5-3-6)12-8(9,10)11;1-2/h2-5H,1H3;1H2. The predicted molar refractivity (Wildman–Crippen MR) is 45.0 cm³/mol. The van der Waals surface area contributed by atoms with Gasteiger partial charge in [-0.25, -0.2) is 0 Å². The van der Waals surface area contributed by atoms with Crippen molar-refractivity contribution in [1.82, 2.24) is 0 Å². The Labute approximate surface area is 79.3 Å². The van der Waals surface area contributed by atoms with Crippen LogP contribution in [0.3, 0.4) is 0 Å². The third-order valence-electron chi connectivity index (χ3n) is 1.25. The highest BCUT2D eigenvalue weighted by molar-refractivity contribution is 5.26. The Kier molecular flexibility index (Phi) is 4.69. The molecule has 14 heavy (non-hydrogen) atoms. The maximum absolute atomic E-state index is 11.6. The highest BCUT2D eigenvalue weighted by atomic mass is 19.4. The second-order valence-electron chi connectivity index (χ2n) is 2.36. The van der Waals surface area contributed by atoms with Crippen molar-refractivity contribution in [1.29, 1.82) is 0 Å². The summed E-state index contributed by atoms with van der Waals surface area (Å²) < 4.78 is 38.5. The van der Waals surface area contributed by atoms with Crippen LogP contribution in [0.1, 0.15) is 5.56 Å². The molecule has 0 aliphatic heterocycles. The van der Waals surface area contributed by atoms with Crippen LogP contribution in [0, 0.1) is 6.92 Å². The third-order valence-corrected chi connectivity index (χ3v) is 1.25. The van der Waals surface area contributed by atoms with Crippen molar-refractivity contribution in [2.24, 2.45) is 0 Å². The average Bonchev–Trinajstić information content (AvgIpc) is 2.10. The van der Waals surface area contributed by atoms with Gasteiger partial charge in [0.15, 0.2) is 0 Å². The van der Waals surface area contributed by atoms with E-state index in [2.05, 4.69) is 4.74 Å². The molecule has 0 saturated carbocycles. The summed E-state index contributed by atoms with van der Waals surface area (Å²) in [6.45, 7) is 3.79. The van der Waals surface area contributed by atoms with E-state index in [0.29, 0.717) is 0 Å². The van der Waals surface area contributed by atoms with Gasteiger partial charge in [0, 0.05) is 0 Å². The van der Waals surface area contributed by atoms with Crippen molar-refractivity contribution in [3.8, 4) is 5.75 Å². The summed E-state index contributed by atoms with van der Waals surface area (Å²) in [6, 6.07) is 5.67. The number of ether oxygens (including phenoxy) is 1. The molecule has 0 bridgehead atoms. The normalized spacial score (nSPS) is 10.0. The van der Waals surface area contributed by atoms with E-state index in [-0.39, 0.29) is 5.75 Å². The number of halogens is 3. The molecule has 0 fully saturated rings. The Morgan fingerprint density at radius 2 is 1.57 bits per heavy atom. The van der Waals surface area contributed by atoms with E-state index in [4.69, 9.17) is 4.79 Å². The number of benzene rings is 1. The first kappa shape index (κ1) is 12.5. The molecule has 0 amide bonds. The molecule has 0 aromatic heterocycles. The maximum atomic E-state index is 11.6. The van der Waals surface area contributed by atoms with Gasteiger partial charge in [0.25, 0.3) is 0 Å². The minimum atomic E-state index is -4.60. The lowest BCUT2D eigenvalue weighted by atomic mass is 10.2. The molecule has 0 aliphatic rings. The molecule has 0 radical (unpaired) electrons. The quantitative estimate of drug-likeness (QED) is 0.706. The Bertz CT molecular complexity index is 266. The number of carbonyl (C=O) groups is 1. The Balaban J connectivity index is 0.000000791. The fraction of sp³-hybridized carbons (Fsp3) is 0.222. The van der Waals surface area contributed by atoms with Crippen molar-refractivity contribution in [3.05, 3.63) is 29.8 Å². The van der Waals surface area contributed by atoms with Crippen LogP contribution in [0.5, 0.6) is 5.75 Å². The first-order valence-electron chi connectivity index (χ1n) is 3.59. The molecule has 1 aromatic carbocycles. The van der Waals surface area contributed by atoms with Gasteiger partial charge >= 0.3 is 6.36 Å². The SMILES string of the molecule is C=O.Cc1ccc(OC(F)(F)F)cc1. The summed E-state index contributed by atoms with van der Waals surface area (Å²) in [5.74, 6) is -0.187. The van der Waals surface area contributed by atoms with Crippen molar-refractivity contribution in [3.63, 3.8) is 0 Å². The zero-order chi connectivity index (χ0) is 11.2. The minimum Gasteiger partial charge on any atom is -0.406 e. The average molecular weight is 206 g/mol. The highest BCUT2D eigenvalue weighted by Gasteiger charge is 2.30. The lowest BCUT2D eigenvalue weighted by molar-refractivity contribution is -0.274. The summed E-state index contributed by atoms with van der Waals surface area (Å²) in [6.07, 6.45) is -4.60. The van der Waals surface area contributed by atoms with Crippen LogP contribution in [0.2, 0.25) is 0 Å². The fourth-order valence-electron chi connectivity index (χ4n) is 0.740. The van der Waals surface area contributed by atoms with Crippen molar-refractivity contribution < 1.29 is 22.7 Å². The second kappa shape index (κ2) is 5.26. The molecule has 5 heteroatoms. The molecule has 1 rings (SSSR count). The number of aryl methyl sites for hydroxylation is 1. The monoisotopic (exact) mass is 206 g/mol. The van der Waals surface area contributed by atoms with Gasteiger partial charge < -0.3 is 9.53 Å². The highest BCUT2D eigenvalue weighted by Crippen LogP contribution is 2.22. The van der Waals surface area contributed by atoms with Crippen molar-refractivity contribution in [2.75, 3.05) is 0 Å². The van der Waals surface area contributed by atoms with Gasteiger partial charge in [-0.3, -0.25) is 0 Å². The van der Waals surface area contributed by atoms with Crippen molar-refractivity contribution in [2.45, 2.75) is 13.3 Å². The van der Waals surface area contributed by atoms with Gasteiger partial charge in [-0.15, -0.1) is 13.2 Å². The number of carbonyl (C=O) groups excluding carboxylic acids is 1. The van der Waals surface area contributed by atoms with Crippen LogP contribution >= 0.6 is 0 Å². The third kappa shape index (κ3) is 5.18. The van der Waals surface area contributed by atoms with Crippen LogP contribution in [-0.4, -0.2) is 13.2 Å². The molecule has 0 spiro atoms. The zero-order valence-corrected chi connectivity index (χ0v) is 7.47. The van der Waals surface area contributed by atoms with E-state index in [1.54, 1.807) is 19.1 Å². The van der Waals surface area contributed by atoms with E-state index in [1.807, 2.05) is 6.79 Å². The van der Waals surface area contributed by atoms with Crippen molar-refractivity contribution >= 4 is 6.79 Å². The first-order valence-corrected chi connectivity index (χ1v) is 3.59. The maximum Gasteiger partial charge on any atom is 0.573 e. The summed E-state index contributed by atoms with van der Waals surface area (Å²) in [4.78, 5) is 8.00. The lowest BCUT2D eigenvalue weighted by Gasteiger charge is -2.08. The van der Waals surface area contributed by atoms with E-state index in [1.165, 1.54) is 12.1 Å². The number of hydrogen-bond donors (Lipinski definition) is 0.